The average molecular weight is 177 g/mol. The molecule has 13 heavy (non-hydrogen) atoms. The lowest BCUT2D eigenvalue weighted by atomic mass is 10.2. The molecule has 70 valence electrons. The van der Waals surface area contributed by atoms with Crippen LogP contribution in [-0.2, 0) is 6.42 Å². The zero-order chi connectivity index (χ0) is 9.68. The Bertz CT molecular complexity index is 305. The van der Waals surface area contributed by atoms with Crippen molar-refractivity contribution in [3.63, 3.8) is 0 Å². The minimum atomic E-state index is 0.893. The quantitative estimate of drug-likeness (QED) is 0.769. The summed E-state index contributed by atoms with van der Waals surface area (Å²) in [7, 11) is 0. The summed E-state index contributed by atoms with van der Waals surface area (Å²) in [4.78, 5) is 8.34. The maximum Gasteiger partial charge on any atom is 0.136 e. The van der Waals surface area contributed by atoms with Crippen LogP contribution in [0.5, 0.6) is 0 Å². The topological polar surface area (TPSA) is 37.8 Å². The fraction of sp³-hybridized carbons (Fsp3) is 0.400. The summed E-state index contributed by atoms with van der Waals surface area (Å²) in [5.41, 5.74) is 2.23. The first kappa shape index (κ1) is 9.71. The van der Waals surface area contributed by atoms with Gasteiger partial charge in [-0.3, -0.25) is 0 Å². The van der Waals surface area contributed by atoms with E-state index in [1.807, 2.05) is 26.1 Å². The van der Waals surface area contributed by atoms with Crippen molar-refractivity contribution in [1.82, 2.24) is 9.97 Å². The molecule has 0 aromatic carbocycles. The van der Waals surface area contributed by atoms with Gasteiger partial charge in [-0.05, 0) is 26.5 Å². The second kappa shape index (κ2) is 4.60. The van der Waals surface area contributed by atoms with Crippen molar-refractivity contribution in [3.05, 3.63) is 29.9 Å². The predicted octanol–water partition coefficient (Wildman–Crippen LogP) is 2.29. The van der Waals surface area contributed by atoms with Gasteiger partial charge in [-0.1, -0.05) is 13.0 Å². The molecular weight excluding hydrogens is 162 g/mol. The van der Waals surface area contributed by atoms with Crippen molar-refractivity contribution in [2.45, 2.75) is 27.2 Å². The van der Waals surface area contributed by atoms with Gasteiger partial charge in [0.25, 0.3) is 0 Å². The SMILES string of the molecule is CC=CNc1ncnc(CC)c1C. The zero-order valence-electron chi connectivity index (χ0n) is 8.33. The van der Waals surface area contributed by atoms with E-state index < -0.39 is 0 Å². The molecule has 1 heterocycles. The summed E-state index contributed by atoms with van der Waals surface area (Å²) in [6, 6.07) is 0. The van der Waals surface area contributed by atoms with Crippen LogP contribution in [0.3, 0.4) is 0 Å². The van der Waals surface area contributed by atoms with E-state index in [2.05, 4.69) is 22.2 Å². The van der Waals surface area contributed by atoms with Gasteiger partial charge in [0.05, 0.1) is 0 Å². The van der Waals surface area contributed by atoms with Crippen molar-refractivity contribution in [2.24, 2.45) is 0 Å². The lowest BCUT2D eigenvalue weighted by Crippen LogP contribution is -2.00. The minimum absolute atomic E-state index is 0.893. The monoisotopic (exact) mass is 177 g/mol. The number of anilines is 1. The number of hydrogen-bond acceptors (Lipinski definition) is 3. The summed E-state index contributed by atoms with van der Waals surface area (Å²) < 4.78 is 0. The summed E-state index contributed by atoms with van der Waals surface area (Å²) in [5, 5.41) is 3.11. The van der Waals surface area contributed by atoms with Gasteiger partial charge in [-0.25, -0.2) is 9.97 Å². The number of hydrogen-bond donors (Lipinski definition) is 1. The number of nitrogens with zero attached hydrogens (tertiary/aromatic N) is 2. The summed E-state index contributed by atoms with van der Waals surface area (Å²) in [5.74, 6) is 0.893. The fourth-order valence-electron chi connectivity index (χ4n) is 1.15. The van der Waals surface area contributed by atoms with E-state index in [-0.39, 0.29) is 0 Å². The largest absolute Gasteiger partial charge is 0.347 e. The van der Waals surface area contributed by atoms with Crippen LogP contribution in [0.4, 0.5) is 5.82 Å². The summed E-state index contributed by atoms with van der Waals surface area (Å²) in [6.07, 6.45) is 6.35. The molecule has 1 N–H and O–H groups in total. The van der Waals surface area contributed by atoms with Gasteiger partial charge < -0.3 is 5.32 Å². The summed E-state index contributed by atoms with van der Waals surface area (Å²) in [6.45, 7) is 6.09. The van der Waals surface area contributed by atoms with E-state index in [4.69, 9.17) is 0 Å². The van der Waals surface area contributed by atoms with Crippen LogP contribution in [0.1, 0.15) is 25.1 Å². The highest BCUT2D eigenvalue weighted by Gasteiger charge is 2.02. The molecule has 0 saturated carbocycles. The third-order valence-corrected chi connectivity index (χ3v) is 1.91. The van der Waals surface area contributed by atoms with Crippen LogP contribution >= 0.6 is 0 Å². The van der Waals surface area contributed by atoms with Gasteiger partial charge in [0, 0.05) is 11.3 Å². The molecule has 0 radical (unpaired) electrons. The van der Waals surface area contributed by atoms with Crippen molar-refractivity contribution in [2.75, 3.05) is 5.32 Å². The molecule has 0 fully saturated rings. The van der Waals surface area contributed by atoms with E-state index in [1.165, 1.54) is 0 Å². The zero-order valence-corrected chi connectivity index (χ0v) is 8.33. The number of allylic oxidation sites excluding steroid dienone is 1. The molecule has 3 nitrogen and oxygen atoms in total. The van der Waals surface area contributed by atoms with Gasteiger partial charge in [0.1, 0.15) is 12.1 Å². The molecule has 1 aromatic rings. The smallest absolute Gasteiger partial charge is 0.136 e. The Hall–Kier alpha value is -1.38. The number of aromatic nitrogens is 2. The number of nitrogens with one attached hydrogen (secondary N) is 1. The highest BCUT2D eigenvalue weighted by atomic mass is 15.0. The first-order valence-electron chi connectivity index (χ1n) is 4.47. The molecule has 0 atom stereocenters. The first-order valence-corrected chi connectivity index (χ1v) is 4.47. The first-order chi connectivity index (χ1) is 6.29. The Kier molecular flexibility index (Phi) is 3.43. The van der Waals surface area contributed by atoms with Crippen molar-refractivity contribution < 1.29 is 0 Å². The molecular formula is C10H15N3. The van der Waals surface area contributed by atoms with Crippen LogP contribution in [-0.4, -0.2) is 9.97 Å². The molecule has 0 aliphatic heterocycles. The van der Waals surface area contributed by atoms with Crippen LogP contribution < -0.4 is 5.32 Å². The van der Waals surface area contributed by atoms with E-state index in [0.29, 0.717) is 0 Å². The van der Waals surface area contributed by atoms with Crippen LogP contribution in [0.15, 0.2) is 18.6 Å². The van der Waals surface area contributed by atoms with E-state index in [0.717, 1.165) is 23.5 Å². The Morgan fingerprint density at radius 1 is 1.46 bits per heavy atom. The average Bonchev–Trinajstić information content (AvgIpc) is 2.16. The maximum atomic E-state index is 4.19. The lowest BCUT2D eigenvalue weighted by Gasteiger charge is -2.06. The minimum Gasteiger partial charge on any atom is -0.347 e. The lowest BCUT2D eigenvalue weighted by molar-refractivity contribution is 0.973. The molecule has 0 aliphatic rings. The Morgan fingerprint density at radius 3 is 2.85 bits per heavy atom. The molecule has 0 aliphatic carbocycles. The molecule has 0 amide bonds. The Balaban J connectivity index is 2.94. The van der Waals surface area contributed by atoms with Crippen LogP contribution in [0, 0.1) is 6.92 Å². The molecule has 0 saturated heterocycles. The maximum absolute atomic E-state index is 4.19. The van der Waals surface area contributed by atoms with E-state index >= 15 is 0 Å². The van der Waals surface area contributed by atoms with Gasteiger partial charge in [0.15, 0.2) is 0 Å². The number of rotatable bonds is 3. The van der Waals surface area contributed by atoms with E-state index in [9.17, 15) is 0 Å². The van der Waals surface area contributed by atoms with Crippen molar-refractivity contribution in [1.29, 1.82) is 0 Å². The third kappa shape index (κ3) is 2.28. The molecule has 0 unspecified atom stereocenters. The summed E-state index contributed by atoms with van der Waals surface area (Å²) >= 11 is 0. The second-order valence-corrected chi connectivity index (χ2v) is 2.79. The highest BCUT2D eigenvalue weighted by Crippen LogP contribution is 2.13. The third-order valence-electron chi connectivity index (χ3n) is 1.91. The predicted molar refractivity (Wildman–Crippen MR) is 54.6 cm³/mol. The molecule has 0 bridgehead atoms. The second-order valence-electron chi connectivity index (χ2n) is 2.79. The molecule has 1 aromatic heterocycles. The van der Waals surface area contributed by atoms with Crippen LogP contribution in [0.2, 0.25) is 0 Å². The van der Waals surface area contributed by atoms with Crippen molar-refractivity contribution in [3.8, 4) is 0 Å². The van der Waals surface area contributed by atoms with Crippen molar-refractivity contribution >= 4 is 5.82 Å². The Labute approximate surface area is 78.9 Å². The number of aryl methyl sites for hydroxylation is 1. The van der Waals surface area contributed by atoms with Gasteiger partial charge >= 0.3 is 0 Å². The van der Waals surface area contributed by atoms with Gasteiger partial charge in [-0.15, -0.1) is 0 Å². The van der Waals surface area contributed by atoms with Gasteiger partial charge in [-0.2, -0.15) is 0 Å². The normalized spacial score (nSPS) is 10.7. The molecule has 1 rings (SSSR count). The fourth-order valence-corrected chi connectivity index (χ4v) is 1.15. The standard InChI is InChI=1S/C10H15N3/c1-4-6-11-10-8(3)9(5-2)12-7-13-10/h4,6-7H,5H2,1-3H3,(H,11,12,13). The Morgan fingerprint density at radius 2 is 2.23 bits per heavy atom. The van der Waals surface area contributed by atoms with Gasteiger partial charge in [0.2, 0.25) is 0 Å². The van der Waals surface area contributed by atoms with Crippen LogP contribution in [0.25, 0.3) is 0 Å². The molecule has 0 spiro atoms. The highest BCUT2D eigenvalue weighted by molar-refractivity contribution is 5.46. The molecule has 3 heteroatoms. The van der Waals surface area contributed by atoms with E-state index in [1.54, 1.807) is 6.33 Å².